The van der Waals surface area contributed by atoms with E-state index in [1.54, 1.807) is 0 Å². The predicted octanol–water partition coefficient (Wildman–Crippen LogP) is 8.78. The molecule has 2 nitrogen and oxygen atoms in total. The van der Waals surface area contributed by atoms with E-state index in [1.165, 1.54) is 96.3 Å². The van der Waals surface area contributed by atoms with Gasteiger partial charge in [0.15, 0.2) is 0 Å². The van der Waals surface area contributed by atoms with Crippen LogP contribution < -0.4 is 0 Å². The lowest BCUT2D eigenvalue weighted by Crippen LogP contribution is -2.40. The van der Waals surface area contributed by atoms with Gasteiger partial charge in [0.2, 0.25) is 0 Å². The molecular formula is C25H50O2. The van der Waals surface area contributed by atoms with Gasteiger partial charge in [0.25, 0.3) is 0 Å². The summed E-state index contributed by atoms with van der Waals surface area (Å²) >= 11 is 0. The molecule has 1 unspecified atom stereocenters. The van der Waals surface area contributed by atoms with Crippen molar-refractivity contribution in [2.75, 3.05) is 0 Å². The van der Waals surface area contributed by atoms with E-state index < -0.39 is 11.4 Å². The summed E-state index contributed by atoms with van der Waals surface area (Å²) in [6.45, 7) is 10.3. The maximum Gasteiger partial charge on any atom is 0.309 e. The van der Waals surface area contributed by atoms with E-state index in [4.69, 9.17) is 0 Å². The van der Waals surface area contributed by atoms with Crippen molar-refractivity contribution in [2.45, 2.75) is 144 Å². The zero-order chi connectivity index (χ0) is 20.6. The van der Waals surface area contributed by atoms with Gasteiger partial charge in [0.1, 0.15) is 0 Å². The number of aliphatic carboxylic acids is 1. The quantitative estimate of drug-likeness (QED) is 0.240. The van der Waals surface area contributed by atoms with Gasteiger partial charge >= 0.3 is 5.97 Å². The highest BCUT2D eigenvalue weighted by molar-refractivity contribution is 5.75. The Morgan fingerprint density at radius 1 is 0.593 bits per heavy atom. The Labute approximate surface area is 170 Å². The van der Waals surface area contributed by atoms with E-state index in [0.29, 0.717) is 0 Å². The Morgan fingerprint density at radius 3 is 1.15 bits per heavy atom. The SMILES string of the molecule is CCCCCCCCCCCCCCCCCCC(C)(C(=O)O)C(C)(C)C. The molecule has 0 aromatic heterocycles. The van der Waals surface area contributed by atoms with Gasteiger partial charge in [-0.15, -0.1) is 0 Å². The molecule has 1 atom stereocenters. The highest BCUT2D eigenvalue weighted by Gasteiger charge is 2.43. The van der Waals surface area contributed by atoms with E-state index in [1.807, 2.05) is 27.7 Å². The fourth-order valence-electron chi connectivity index (χ4n) is 3.83. The summed E-state index contributed by atoms with van der Waals surface area (Å²) < 4.78 is 0. The average molecular weight is 383 g/mol. The Balaban J connectivity index is 3.44. The molecule has 1 N–H and O–H groups in total. The van der Waals surface area contributed by atoms with Crippen LogP contribution in [-0.2, 0) is 4.79 Å². The summed E-state index contributed by atoms with van der Waals surface area (Å²) in [6, 6.07) is 0. The van der Waals surface area contributed by atoms with Gasteiger partial charge < -0.3 is 5.11 Å². The fraction of sp³-hybridized carbons (Fsp3) is 0.960. The Hall–Kier alpha value is -0.530. The van der Waals surface area contributed by atoms with E-state index in [-0.39, 0.29) is 5.41 Å². The van der Waals surface area contributed by atoms with Crippen LogP contribution >= 0.6 is 0 Å². The second-order valence-electron chi connectivity index (χ2n) is 9.94. The summed E-state index contributed by atoms with van der Waals surface area (Å²) in [5.74, 6) is -0.643. The molecule has 2 heteroatoms. The van der Waals surface area contributed by atoms with Gasteiger partial charge in [-0.25, -0.2) is 0 Å². The summed E-state index contributed by atoms with van der Waals surface area (Å²) in [7, 11) is 0. The summed E-state index contributed by atoms with van der Waals surface area (Å²) in [5, 5.41) is 9.59. The van der Waals surface area contributed by atoms with Gasteiger partial charge in [-0.1, -0.05) is 130 Å². The van der Waals surface area contributed by atoms with Crippen LogP contribution in [0, 0.1) is 10.8 Å². The van der Waals surface area contributed by atoms with Crippen LogP contribution in [0.2, 0.25) is 0 Å². The number of hydrogen-bond acceptors (Lipinski definition) is 1. The van der Waals surface area contributed by atoms with Crippen molar-refractivity contribution >= 4 is 5.97 Å². The minimum absolute atomic E-state index is 0.186. The third-order valence-corrected chi connectivity index (χ3v) is 6.66. The molecule has 0 rings (SSSR count). The lowest BCUT2D eigenvalue weighted by atomic mass is 9.65. The van der Waals surface area contributed by atoms with Crippen molar-refractivity contribution in [3.63, 3.8) is 0 Å². The second-order valence-corrected chi connectivity index (χ2v) is 9.94. The smallest absolute Gasteiger partial charge is 0.309 e. The van der Waals surface area contributed by atoms with Gasteiger partial charge in [0, 0.05) is 0 Å². The molecule has 0 amide bonds. The molecule has 0 aromatic rings. The molecule has 27 heavy (non-hydrogen) atoms. The van der Waals surface area contributed by atoms with Crippen molar-refractivity contribution in [3.8, 4) is 0 Å². The third kappa shape index (κ3) is 12.5. The first-order chi connectivity index (χ1) is 12.8. The highest BCUT2D eigenvalue weighted by atomic mass is 16.4. The number of hydrogen-bond donors (Lipinski definition) is 1. The van der Waals surface area contributed by atoms with E-state index in [0.717, 1.165) is 12.8 Å². The highest BCUT2D eigenvalue weighted by Crippen LogP contribution is 2.42. The van der Waals surface area contributed by atoms with Crippen LogP contribution in [0.15, 0.2) is 0 Å². The Kier molecular flexibility index (Phi) is 15.1. The first kappa shape index (κ1) is 26.5. The lowest BCUT2D eigenvalue weighted by Gasteiger charge is -2.38. The fourth-order valence-corrected chi connectivity index (χ4v) is 3.83. The van der Waals surface area contributed by atoms with Crippen LogP contribution in [0.3, 0.4) is 0 Å². The number of rotatable bonds is 18. The molecule has 0 aliphatic heterocycles. The molecule has 0 spiro atoms. The number of carboxylic acids is 1. The normalized spacial score (nSPS) is 14.3. The monoisotopic (exact) mass is 382 g/mol. The second kappa shape index (κ2) is 15.4. The average Bonchev–Trinajstić information content (AvgIpc) is 2.60. The van der Waals surface area contributed by atoms with Crippen LogP contribution in [-0.4, -0.2) is 11.1 Å². The molecule has 0 aliphatic rings. The predicted molar refractivity (Wildman–Crippen MR) is 119 cm³/mol. The molecule has 0 fully saturated rings. The zero-order valence-corrected chi connectivity index (χ0v) is 19.4. The van der Waals surface area contributed by atoms with Gasteiger partial charge in [0.05, 0.1) is 5.41 Å². The first-order valence-electron chi connectivity index (χ1n) is 12.0. The minimum Gasteiger partial charge on any atom is -0.481 e. The number of carbonyl (C=O) groups is 1. The Morgan fingerprint density at radius 2 is 0.889 bits per heavy atom. The van der Waals surface area contributed by atoms with Crippen LogP contribution in [0.4, 0.5) is 0 Å². The summed E-state index contributed by atoms with van der Waals surface area (Å²) in [6.07, 6.45) is 22.5. The van der Waals surface area contributed by atoms with Gasteiger partial charge in [-0.05, 0) is 18.8 Å². The summed E-state index contributed by atoms with van der Waals surface area (Å²) in [5.41, 5.74) is -0.794. The molecule has 0 aliphatic carbocycles. The van der Waals surface area contributed by atoms with Gasteiger partial charge in [-0.2, -0.15) is 0 Å². The van der Waals surface area contributed by atoms with Crippen LogP contribution in [0.25, 0.3) is 0 Å². The molecule has 0 saturated heterocycles. The molecule has 162 valence electrons. The van der Waals surface area contributed by atoms with E-state index in [9.17, 15) is 9.90 Å². The third-order valence-electron chi connectivity index (χ3n) is 6.66. The van der Waals surface area contributed by atoms with Crippen LogP contribution in [0.1, 0.15) is 144 Å². The van der Waals surface area contributed by atoms with Crippen LogP contribution in [0.5, 0.6) is 0 Å². The van der Waals surface area contributed by atoms with Crippen molar-refractivity contribution in [2.24, 2.45) is 10.8 Å². The van der Waals surface area contributed by atoms with Gasteiger partial charge in [-0.3, -0.25) is 4.79 Å². The topological polar surface area (TPSA) is 37.3 Å². The lowest BCUT2D eigenvalue weighted by molar-refractivity contribution is -0.155. The molecule has 0 radical (unpaired) electrons. The standard InChI is InChI=1S/C25H50O2/c1-6-7-8-9-10-11-12-13-14-15-16-17-18-19-20-21-22-25(5,23(26)27)24(2,3)4/h6-22H2,1-5H3,(H,26,27). The first-order valence-corrected chi connectivity index (χ1v) is 12.0. The molecule has 0 aromatic carbocycles. The van der Waals surface area contributed by atoms with E-state index in [2.05, 4.69) is 6.92 Å². The van der Waals surface area contributed by atoms with Crippen molar-refractivity contribution < 1.29 is 9.90 Å². The van der Waals surface area contributed by atoms with E-state index >= 15 is 0 Å². The Bertz CT molecular complexity index is 356. The van der Waals surface area contributed by atoms with Crippen molar-refractivity contribution in [1.82, 2.24) is 0 Å². The minimum atomic E-state index is -0.643. The molecule has 0 saturated carbocycles. The maximum absolute atomic E-state index is 11.7. The van der Waals surface area contributed by atoms with Crippen molar-refractivity contribution in [3.05, 3.63) is 0 Å². The molecular weight excluding hydrogens is 332 g/mol. The molecule has 0 bridgehead atoms. The number of unbranched alkanes of at least 4 members (excludes halogenated alkanes) is 15. The zero-order valence-electron chi connectivity index (χ0n) is 19.4. The van der Waals surface area contributed by atoms with Crippen molar-refractivity contribution in [1.29, 1.82) is 0 Å². The summed E-state index contributed by atoms with van der Waals surface area (Å²) in [4.78, 5) is 11.7. The maximum atomic E-state index is 11.7. The molecule has 0 heterocycles. The largest absolute Gasteiger partial charge is 0.481 e. The number of carboxylic acid groups (broad SMARTS) is 1.